The van der Waals surface area contributed by atoms with Crippen molar-refractivity contribution in [3.05, 3.63) is 60.7 Å². The van der Waals surface area contributed by atoms with Crippen LogP contribution in [-0.4, -0.2) is 41.2 Å². The molecule has 0 bridgehead atoms. The number of hydrogen-bond donors (Lipinski definition) is 0. The summed E-state index contributed by atoms with van der Waals surface area (Å²) in [6.07, 6.45) is 8.35. The zero-order valence-corrected chi connectivity index (χ0v) is 17.5. The van der Waals surface area contributed by atoms with Gasteiger partial charge in [0.2, 0.25) is 0 Å². The molecule has 4 aromatic rings. The number of benzene rings is 1. The Morgan fingerprint density at radius 1 is 1.06 bits per heavy atom. The van der Waals surface area contributed by atoms with Crippen molar-refractivity contribution in [2.24, 2.45) is 0 Å². The van der Waals surface area contributed by atoms with E-state index in [-0.39, 0.29) is 5.54 Å². The van der Waals surface area contributed by atoms with Gasteiger partial charge >= 0.3 is 0 Å². The van der Waals surface area contributed by atoms with Gasteiger partial charge in [0.1, 0.15) is 23.4 Å². The van der Waals surface area contributed by atoms with Crippen LogP contribution in [0.15, 0.2) is 49.1 Å². The molecule has 2 aliphatic rings. The largest absolute Gasteiger partial charge is 0.342 e. The summed E-state index contributed by atoms with van der Waals surface area (Å²) in [6, 6.07) is 10.1. The van der Waals surface area contributed by atoms with Gasteiger partial charge in [-0.1, -0.05) is 37.3 Å². The van der Waals surface area contributed by atoms with Crippen molar-refractivity contribution in [2.45, 2.75) is 38.6 Å². The van der Waals surface area contributed by atoms with Crippen molar-refractivity contribution >= 4 is 5.82 Å². The van der Waals surface area contributed by atoms with Gasteiger partial charge in [-0.25, -0.2) is 19.9 Å². The van der Waals surface area contributed by atoms with Gasteiger partial charge in [0.25, 0.3) is 0 Å². The number of fused-ring (bicyclic) bond motifs is 6. The van der Waals surface area contributed by atoms with Gasteiger partial charge in [-0.05, 0) is 26.2 Å². The van der Waals surface area contributed by atoms with Gasteiger partial charge in [0.15, 0.2) is 17.5 Å². The van der Waals surface area contributed by atoms with Gasteiger partial charge in [0.05, 0.1) is 17.5 Å². The van der Waals surface area contributed by atoms with Crippen LogP contribution >= 0.6 is 0 Å². The molecule has 154 valence electrons. The lowest BCUT2D eigenvalue weighted by atomic mass is 9.90. The van der Waals surface area contributed by atoms with Crippen LogP contribution in [0.5, 0.6) is 0 Å². The number of hydrogen-bond acceptors (Lipinski definition) is 7. The normalized spacial score (nSPS) is 19.1. The molecule has 0 unspecified atom stereocenters. The quantitative estimate of drug-likeness (QED) is 0.509. The molecule has 1 aromatic carbocycles. The Hall–Kier alpha value is -3.68. The van der Waals surface area contributed by atoms with Gasteiger partial charge in [0, 0.05) is 18.3 Å². The van der Waals surface area contributed by atoms with E-state index in [1.54, 1.807) is 12.5 Å². The first-order valence-electron chi connectivity index (χ1n) is 10.7. The minimum atomic E-state index is -0.171. The fraction of sp³-hybridized carbons (Fsp3) is 0.304. The highest BCUT2D eigenvalue weighted by Gasteiger charge is 2.50. The number of anilines is 1. The lowest BCUT2D eigenvalue weighted by Crippen LogP contribution is -2.47. The molecule has 8 nitrogen and oxygen atoms in total. The van der Waals surface area contributed by atoms with Gasteiger partial charge in [-0.2, -0.15) is 0 Å². The lowest BCUT2D eigenvalue weighted by molar-refractivity contribution is 0.381. The molecule has 8 heteroatoms. The van der Waals surface area contributed by atoms with Crippen molar-refractivity contribution in [2.75, 3.05) is 11.4 Å². The first-order chi connectivity index (χ1) is 15.2. The highest BCUT2D eigenvalue weighted by Crippen LogP contribution is 2.49. The Kier molecular flexibility index (Phi) is 3.89. The average Bonchev–Trinajstić information content (AvgIpc) is 3.44. The van der Waals surface area contributed by atoms with Crippen molar-refractivity contribution in [3.63, 3.8) is 0 Å². The number of aryl methyl sites for hydroxylation is 1. The smallest absolute Gasteiger partial charge is 0.165 e. The van der Waals surface area contributed by atoms with Crippen LogP contribution in [0, 0.1) is 6.92 Å². The average molecular weight is 410 g/mol. The summed E-state index contributed by atoms with van der Waals surface area (Å²) >= 11 is 0. The third-order valence-electron chi connectivity index (χ3n) is 6.56. The Morgan fingerprint density at radius 2 is 1.94 bits per heavy atom. The molecule has 5 heterocycles. The summed E-state index contributed by atoms with van der Waals surface area (Å²) in [5.41, 5.74) is 3.43. The van der Waals surface area contributed by atoms with Crippen LogP contribution in [0.1, 0.15) is 37.8 Å². The Labute approximate surface area is 180 Å². The van der Waals surface area contributed by atoms with Crippen LogP contribution in [-0.2, 0) is 5.54 Å². The van der Waals surface area contributed by atoms with Crippen molar-refractivity contribution in [3.8, 4) is 28.3 Å². The summed E-state index contributed by atoms with van der Waals surface area (Å²) in [5, 5.41) is 8.97. The van der Waals surface area contributed by atoms with E-state index in [2.05, 4.69) is 36.6 Å². The Balaban J connectivity index is 1.57. The maximum atomic E-state index is 5.08. The molecule has 0 radical (unpaired) electrons. The Bertz CT molecular complexity index is 1280. The fourth-order valence-corrected chi connectivity index (χ4v) is 5.07. The molecule has 1 fully saturated rings. The number of rotatable bonds is 3. The Morgan fingerprint density at radius 3 is 2.77 bits per heavy atom. The highest BCUT2D eigenvalue weighted by atomic mass is 15.4. The zero-order chi connectivity index (χ0) is 21.0. The molecule has 1 saturated heterocycles. The lowest BCUT2D eigenvalue weighted by Gasteiger charge is -2.42. The molecule has 0 spiro atoms. The van der Waals surface area contributed by atoms with Crippen LogP contribution < -0.4 is 4.90 Å². The summed E-state index contributed by atoms with van der Waals surface area (Å²) in [6.45, 7) is 5.15. The second-order valence-corrected chi connectivity index (χ2v) is 8.10. The van der Waals surface area contributed by atoms with Gasteiger partial charge in [-0.15, -0.1) is 10.2 Å². The molecular weight excluding hydrogens is 388 g/mol. The van der Waals surface area contributed by atoms with E-state index in [9.17, 15) is 0 Å². The standard InChI is InChI=1S/C23H22N8/c1-3-23-10-7-11-30(23)21-18(31-15(2)28-29-22(23)31)13-25-20(27-21)17-12-24-14-26-19(17)16-8-5-4-6-9-16/h4-6,8-9,12-14H,3,7,10-11H2,1-2H3/t23-/m0/s1. The first-order valence-corrected chi connectivity index (χ1v) is 10.7. The third kappa shape index (κ3) is 2.47. The summed E-state index contributed by atoms with van der Waals surface area (Å²) in [5.74, 6) is 3.42. The molecule has 6 rings (SSSR count). The van der Waals surface area contributed by atoms with E-state index in [1.807, 2.05) is 43.5 Å². The minimum Gasteiger partial charge on any atom is -0.342 e. The van der Waals surface area contributed by atoms with Crippen molar-refractivity contribution < 1.29 is 0 Å². The summed E-state index contributed by atoms with van der Waals surface area (Å²) < 4.78 is 2.13. The molecule has 1 atom stereocenters. The van der Waals surface area contributed by atoms with Crippen LogP contribution in [0.3, 0.4) is 0 Å². The summed E-state index contributed by atoms with van der Waals surface area (Å²) in [7, 11) is 0. The molecule has 3 aromatic heterocycles. The van der Waals surface area contributed by atoms with E-state index in [0.717, 1.165) is 65.8 Å². The van der Waals surface area contributed by atoms with Crippen molar-refractivity contribution in [1.29, 1.82) is 0 Å². The number of nitrogens with zero attached hydrogens (tertiary/aromatic N) is 8. The van der Waals surface area contributed by atoms with E-state index >= 15 is 0 Å². The predicted octanol–water partition coefficient (Wildman–Crippen LogP) is 3.71. The maximum absolute atomic E-state index is 5.08. The van der Waals surface area contributed by atoms with Crippen molar-refractivity contribution in [1.82, 2.24) is 34.7 Å². The predicted molar refractivity (Wildman–Crippen MR) is 117 cm³/mol. The van der Waals surface area contributed by atoms with Crippen LogP contribution in [0.25, 0.3) is 28.3 Å². The van der Waals surface area contributed by atoms with E-state index < -0.39 is 0 Å². The molecule has 2 aliphatic heterocycles. The minimum absolute atomic E-state index is 0.171. The molecule has 0 N–H and O–H groups in total. The van der Waals surface area contributed by atoms with E-state index in [4.69, 9.17) is 9.97 Å². The topological polar surface area (TPSA) is 85.5 Å². The molecule has 0 amide bonds. The second kappa shape index (κ2) is 6.66. The second-order valence-electron chi connectivity index (χ2n) is 8.10. The molecule has 31 heavy (non-hydrogen) atoms. The highest BCUT2D eigenvalue weighted by molar-refractivity contribution is 5.78. The number of aromatic nitrogens is 7. The third-order valence-corrected chi connectivity index (χ3v) is 6.56. The SMILES string of the molecule is CC[C@@]12CCCN1c1nc(-c3cncnc3-c3ccccc3)ncc1-n1c(C)nnc12. The van der Waals surface area contributed by atoms with E-state index in [1.165, 1.54) is 0 Å². The monoisotopic (exact) mass is 410 g/mol. The van der Waals surface area contributed by atoms with Crippen LogP contribution in [0.2, 0.25) is 0 Å². The zero-order valence-electron chi connectivity index (χ0n) is 17.5. The maximum Gasteiger partial charge on any atom is 0.165 e. The van der Waals surface area contributed by atoms with Crippen LogP contribution in [0.4, 0.5) is 5.82 Å². The molecular formula is C23H22N8. The van der Waals surface area contributed by atoms with Gasteiger partial charge in [-0.3, -0.25) is 4.57 Å². The van der Waals surface area contributed by atoms with E-state index in [0.29, 0.717) is 5.82 Å². The van der Waals surface area contributed by atoms with Gasteiger partial charge < -0.3 is 4.90 Å². The molecule has 0 saturated carbocycles. The molecule has 0 aliphatic carbocycles. The fourth-order valence-electron chi connectivity index (χ4n) is 5.07. The first kappa shape index (κ1) is 18.1. The summed E-state index contributed by atoms with van der Waals surface area (Å²) in [4.78, 5) is 21.0.